The van der Waals surface area contributed by atoms with Gasteiger partial charge in [-0.1, -0.05) is 24.6 Å². The highest BCUT2D eigenvalue weighted by atomic mass is 35.5. The molecule has 1 aromatic heterocycles. The van der Waals surface area contributed by atoms with Gasteiger partial charge in [0.2, 0.25) is 0 Å². The van der Waals surface area contributed by atoms with Gasteiger partial charge in [-0.15, -0.1) is 0 Å². The van der Waals surface area contributed by atoms with E-state index in [2.05, 4.69) is 31.2 Å². The topological polar surface area (TPSA) is 61.4 Å². The molecule has 0 spiro atoms. The highest BCUT2D eigenvalue weighted by Crippen LogP contribution is 2.22. The Morgan fingerprint density at radius 3 is 2.58 bits per heavy atom. The van der Waals surface area contributed by atoms with Gasteiger partial charge in [0.15, 0.2) is 0 Å². The summed E-state index contributed by atoms with van der Waals surface area (Å²) in [6.45, 7) is 7.91. The fourth-order valence-corrected chi connectivity index (χ4v) is 3.21. The number of aryl methyl sites for hydroxylation is 1. The van der Waals surface area contributed by atoms with Crippen molar-refractivity contribution >= 4 is 29.0 Å². The van der Waals surface area contributed by atoms with Gasteiger partial charge in [0.25, 0.3) is 5.91 Å². The van der Waals surface area contributed by atoms with Crippen LogP contribution in [-0.4, -0.2) is 48.6 Å². The summed E-state index contributed by atoms with van der Waals surface area (Å²) in [5, 5.41) is 3.62. The SMILES string of the molecule is CCCNC(=O)c1cc(N2CCN(c3cccc(Cl)c3)CC2)nc(C)n1. The third-order valence-electron chi connectivity index (χ3n) is 4.37. The first-order chi connectivity index (χ1) is 12.6. The number of nitrogens with one attached hydrogen (secondary N) is 1. The Morgan fingerprint density at radius 1 is 1.15 bits per heavy atom. The summed E-state index contributed by atoms with van der Waals surface area (Å²) in [7, 11) is 0. The maximum absolute atomic E-state index is 12.2. The molecule has 0 bridgehead atoms. The van der Waals surface area contributed by atoms with E-state index in [9.17, 15) is 4.79 Å². The van der Waals surface area contributed by atoms with Crippen LogP contribution < -0.4 is 15.1 Å². The second kappa shape index (κ2) is 8.36. The molecule has 0 unspecified atom stereocenters. The zero-order valence-electron chi connectivity index (χ0n) is 15.2. The van der Waals surface area contributed by atoms with Crippen LogP contribution in [0.3, 0.4) is 0 Å². The van der Waals surface area contributed by atoms with Crippen molar-refractivity contribution in [2.24, 2.45) is 0 Å². The molecule has 2 aromatic rings. The van der Waals surface area contributed by atoms with Gasteiger partial charge >= 0.3 is 0 Å². The molecule has 0 radical (unpaired) electrons. The van der Waals surface area contributed by atoms with Crippen molar-refractivity contribution in [3.8, 4) is 0 Å². The lowest BCUT2D eigenvalue weighted by atomic mass is 10.2. The first-order valence-corrected chi connectivity index (χ1v) is 9.34. The molecule has 6 nitrogen and oxygen atoms in total. The molecule has 2 heterocycles. The second-order valence-corrected chi connectivity index (χ2v) is 6.80. The van der Waals surface area contributed by atoms with Gasteiger partial charge in [-0.2, -0.15) is 0 Å². The van der Waals surface area contributed by atoms with Crippen LogP contribution in [0.1, 0.15) is 29.7 Å². The van der Waals surface area contributed by atoms with Crippen molar-refractivity contribution in [2.75, 3.05) is 42.5 Å². The molecule has 1 saturated heterocycles. The monoisotopic (exact) mass is 373 g/mol. The molecule has 138 valence electrons. The summed E-state index contributed by atoms with van der Waals surface area (Å²) >= 11 is 6.10. The summed E-state index contributed by atoms with van der Waals surface area (Å²) in [6.07, 6.45) is 0.897. The van der Waals surface area contributed by atoms with Crippen molar-refractivity contribution in [3.63, 3.8) is 0 Å². The zero-order valence-corrected chi connectivity index (χ0v) is 16.0. The predicted octanol–water partition coefficient (Wildman–Crippen LogP) is 2.90. The Morgan fingerprint density at radius 2 is 1.88 bits per heavy atom. The van der Waals surface area contributed by atoms with E-state index in [1.54, 1.807) is 6.07 Å². The number of amides is 1. The number of anilines is 2. The lowest BCUT2D eigenvalue weighted by Crippen LogP contribution is -2.47. The number of halogens is 1. The van der Waals surface area contributed by atoms with Crippen LogP contribution >= 0.6 is 11.6 Å². The van der Waals surface area contributed by atoms with E-state index in [0.29, 0.717) is 18.1 Å². The van der Waals surface area contributed by atoms with Gasteiger partial charge in [0.05, 0.1) is 0 Å². The van der Waals surface area contributed by atoms with Crippen molar-refractivity contribution < 1.29 is 4.79 Å². The van der Waals surface area contributed by atoms with Crippen LogP contribution in [-0.2, 0) is 0 Å². The molecule has 1 N–H and O–H groups in total. The fraction of sp³-hybridized carbons (Fsp3) is 0.421. The summed E-state index contributed by atoms with van der Waals surface area (Å²) < 4.78 is 0. The standard InChI is InChI=1S/C19H24ClN5O/c1-3-7-21-19(26)17-13-18(23-14(2)22-17)25-10-8-24(9-11-25)16-6-4-5-15(20)12-16/h4-6,12-13H,3,7-11H2,1-2H3,(H,21,26). The number of nitrogens with zero attached hydrogens (tertiary/aromatic N) is 4. The summed E-state index contributed by atoms with van der Waals surface area (Å²) in [6, 6.07) is 9.71. The molecular formula is C19H24ClN5O. The Balaban J connectivity index is 1.69. The number of hydrogen-bond acceptors (Lipinski definition) is 5. The Labute approximate surface area is 159 Å². The Bertz CT molecular complexity index is 774. The van der Waals surface area contributed by atoms with Crippen molar-refractivity contribution in [2.45, 2.75) is 20.3 Å². The first kappa shape index (κ1) is 18.5. The van der Waals surface area contributed by atoms with Gasteiger partial charge in [-0.25, -0.2) is 9.97 Å². The number of rotatable bonds is 5. The number of benzene rings is 1. The number of hydrogen-bond donors (Lipinski definition) is 1. The van der Waals surface area contributed by atoms with Crippen LogP contribution in [0.4, 0.5) is 11.5 Å². The minimum atomic E-state index is -0.142. The van der Waals surface area contributed by atoms with Gasteiger partial charge in [-0.05, 0) is 31.5 Å². The van der Waals surface area contributed by atoms with Crippen LogP contribution in [0.5, 0.6) is 0 Å². The second-order valence-electron chi connectivity index (χ2n) is 6.37. The van der Waals surface area contributed by atoms with Crippen LogP contribution in [0.2, 0.25) is 5.02 Å². The molecule has 1 aromatic carbocycles. The molecule has 1 amide bonds. The van der Waals surface area contributed by atoms with E-state index < -0.39 is 0 Å². The van der Waals surface area contributed by atoms with Gasteiger partial charge in [-0.3, -0.25) is 4.79 Å². The highest BCUT2D eigenvalue weighted by Gasteiger charge is 2.20. The smallest absolute Gasteiger partial charge is 0.270 e. The average Bonchev–Trinajstić information content (AvgIpc) is 2.65. The lowest BCUT2D eigenvalue weighted by molar-refractivity contribution is 0.0948. The first-order valence-electron chi connectivity index (χ1n) is 8.96. The minimum Gasteiger partial charge on any atom is -0.368 e. The quantitative estimate of drug-likeness (QED) is 0.873. The molecule has 0 aliphatic carbocycles. The summed E-state index contributed by atoms with van der Waals surface area (Å²) in [4.78, 5) is 25.5. The Kier molecular flexibility index (Phi) is 5.93. The van der Waals surface area contributed by atoms with Crippen LogP contribution in [0.25, 0.3) is 0 Å². The molecule has 7 heteroatoms. The molecule has 1 aliphatic rings. The van der Waals surface area contributed by atoms with E-state index in [1.165, 1.54) is 0 Å². The third kappa shape index (κ3) is 4.43. The third-order valence-corrected chi connectivity index (χ3v) is 4.60. The fourth-order valence-electron chi connectivity index (χ4n) is 3.03. The molecule has 3 rings (SSSR count). The number of carbonyl (C=O) groups excluding carboxylic acids is 1. The van der Waals surface area contributed by atoms with E-state index in [4.69, 9.17) is 11.6 Å². The highest BCUT2D eigenvalue weighted by molar-refractivity contribution is 6.30. The van der Waals surface area contributed by atoms with Crippen molar-refractivity contribution in [1.29, 1.82) is 0 Å². The Hall–Kier alpha value is -2.34. The predicted molar refractivity (Wildman–Crippen MR) is 105 cm³/mol. The molecule has 0 atom stereocenters. The minimum absolute atomic E-state index is 0.142. The van der Waals surface area contributed by atoms with Gasteiger partial charge in [0, 0.05) is 49.5 Å². The molecule has 1 fully saturated rings. The number of piperazine rings is 1. The van der Waals surface area contributed by atoms with Crippen LogP contribution in [0.15, 0.2) is 30.3 Å². The number of carbonyl (C=O) groups is 1. The number of aromatic nitrogens is 2. The van der Waals surface area contributed by atoms with Crippen molar-refractivity contribution in [3.05, 3.63) is 46.9 Å². The van der Waals surface area contributed by atoms with E-state index >= 15 is 0 Å². The molecular weight excluding hydrogens is 350 g/mol. The van der Waals surface area contributed by atoms with Gasteiger partial charge in [0.1, 0.15) is 17.3 Å². The molecule has 0 saturated carbocycles. The van der Waals surface area contributed by atoms with Crippen molar-refractivity contribution in [1.82, 2.24) is 15.3 Å². The maximum Gasteiger partial charge on any atom is 0.270 e. The average molecular weight is 374 g/mol. The van der Waals surface area contributed by atoms with E-state index in [1.807, 2.05) is 32.0 Å². The molecule has 26 heavy (non-hydrogen) atoms. The van der Waals surface area contributed by atoms with E-state index in [-0.39, 0.29) is 5.91 Å². The maximum atomic E-state index is 12.2. The summed E-state index contributed by atoms with van der Waals surface area (Å²) in [5.41, 5.74) is 1.56. The van der Waals surface area contributed by atoms with Crippen LogP contribution in [0, 0.1) is 6.92 Å². The largest absolute Gasteiger partial charge is 0.368 e. The zero-order chi connectivity index (χ0) is 18.5. The summed E-state index contributed by atoms with van der Waals surface area (Å²) in [5.74, 6) is 1.28. The normalized spacial score (nSPS) is 14.4. The van der Waals surface area contributed by atoms with Gasteiger partial charge < -0.3 is 15.1 Å². The lowest BCUT2D eigenvalue weighted by Gasteiger charge is -2.36. The van der Waals surface area contributed by atoms with E-state index in [0.717, 1.165) is 49.1 Å². The molecule has 1 aliphatic heterocycles.